The van der Waals surface area contributed by atoms with Gasteiger partial charge < -0.3 is 15.3 Å². The molecule has 0 saturated heterocycles. The Morgan fingerprint density at radius 1 is 1.47 bits per heavy atom. The number of nitrogens with two attached hydrogens (primary N) is 1. The van der Waals surface area contributed by atoms with E-state index in [4.69, 9.17) is 10.2 Å². The number of unbranched alkanes of at least 4 members (excludes halogenated alkanes) is 2. The monoisotopic (exact) mass is 236 g/mol. The molecule has 2 aromatic rings. The van der Waals surface area contributed by atoms with Crippen LogP contribution >= 0.6 is 0 Å². The molecule has 0 spiro atoms. The van der Waals surface area contributed by atoms with Crippen molar-refractivity contribution in [2.75, 3.05) is 5.73 Å². The van der Waals surface area contributed by atoms with Gasteiger partial charge in [0.1, 0.15) is 17.0 Å². The second-order valence-electron chi connectivity index (χ2n) is 4.14. The van der Waals surface area contributed by atoms with Crippen molar-refractivity contribution in [2.45, 2.75) is 32.6 Å². The molecule has 1 heterocycles. The van der Waals surface area contributed by atoms with Crippen LogP contribution in [0.3, 0.4) is 0 Å². The number of benzene rings is 1. The minimum absolute atomic E-state index is 0.0469. The van der Waals surface area contributed by atoms with Crippen molar-refractivity contribution in [1.82, 2.24) is 4.98 Å². The molecule has 0 bridgehead atoms. The lowest BCUT2D eigenvalue weighted by Crippen LogP contribution is -1.96. The van der Waals surface area contributed by atoms with Crippen LogP contribution < -0.4 is 11.5 Å². The first kappa shape index (κ1) is 11.6. The van der Waals surface area contributed by atoms with Gasteiger partial charge in [0.25, 0.3) is 0 Å². The van der Waals surface area contributed by atoms with Gasteiger partial charge in [-0.25, -0.2) is 4.79 Å². The highest BCUT2D eigenvalue weighted by Crippen LogP contribution is 2.32. The molecule has 0 aliphatic heterocycles. The summed E-state index contributed by atoms with van der Waals surface area (Å²) in [6.07, 6.45) is 3.91. The molecular formula is C12H16N2O3. The molecule has 0 unspecified atom stereocenters. The number of oxazole rings is 1. The summed E-state index contributed by atoms with van der Waals surface area (Å²) < 4.78 is 4.95. The topological polar surface area (TPSA) is 92.2 Å². The fourth-order valence-corrected chi connectivity index (χ4v) is 1.92. The highest BCUT2D eigenvalue weighted by Gasteiger charge is 2.13. The van der Waals surface area contributed by atoms with Gasteiger partial charge in [0.2, 0.25) is 0 Å². The van der Waals surface area contributed by atoms with E-state index in [1.54, 1.807) is 6.07 Å². The number of aromatic nitrogens is 1. The normalized spacial score (nSPS) is 11.1. The average Bonchev–Trinajstić information content (AvgIpc) is 2.66. The zero-order valence-electron chi connectivity index (χ0n) is 9.75. The van der Waals surface area contributed by atoms with Gasteiger partial charge >= 0.3 is 5.76 Å². The van der Waals surface area contributed by atoms with Crippen LogP contribution in [0.15, 0.2) is 15.3 Å². The SMILES string of the molecule is CCCCCc1cc2oc(=O)[nH]c2c(N)c1O. The Morgan fingerprint density at radius 3 is 2.94 bits per heavy atom. The lowest BCUT2D eigenvalue weighted by molar-refractivity contribution is 0.469. The zero-order valence-corrected chi connectivity index (χ0v) is 9.75. The fraction of sp³-hybridized carbons (Fsp3) is 0.417. The van der Waals surface area contributed by atoms with Crippen molar-refractivity contribution < 1.29 is 9.52 Å². The van der Waals surface area contributed by atoms with Gasteiger partial charge in [0, 0.05) is 0 Å². The van der Waals surface area contributed by atoms with Gasteiger partial charge in [-0.1, -0.05) is 19.8 Å². The third-order valence-corrected chi connectivity index (χ3v) is 2.86. The maximum atomic E-state index is 11.1. The van der Waals surface area contributed by atoms with Crippen molar-refractivity contribution in [1.29, 1.82) is 0 Å². The number of nitrogens with one attached hydrogen (secondary N) is 1. The summed E-state index contributed by atoms with van der Waals surface area (Å²) in [5.41, 5.74) is 7.43. The van der Waals surface area contributed by atoms with E-state index in [1.165, 1.54) is 0 Å². The van der Waals surface area contributed by atoms with E-state index < -0.39 is 5.76 Å². The maximum Gasteiger partial charge on any atom is 0.417 e. The first-order valence-corrected chi connectivity index (χ1v) is 5.76. The number of fused-ring (bicyclic) bond motifs is 1. The van der Waals surface area contributed by atoms with Gasteiger partial charge in [0.05, 0.1) is 0 Å². The van der Waals surface area contributed by atoms with E-state index in [2.05, 4.69) is 11.9 Å². The van der Waals surface area contributed by atoms with E-state index in [0.717, 1.165) is 31.2 Å². The molecule has 0 fully saturated rings. The number of aromatic amines is 1. The molecule has 5 nitrogen and oxygen atoms in total. The summed E-state index contributed by atoms with van der Waals surface area (Å²) in [4.78, 5) is 13.5. The summed E-state index contributed by atoms with van der Waals surface area (Å²) in [5, 5.41) is 9.92. The van der Waals surface area contributed by atoms with Crippen LogP contribution in [-0.2, 0) is 6.42 Å². The van der Waals surface area contributed by atoms with Gasteiger partial charge in [-0.15, -0.1) is 0 Å². The van der Waals surface area contributed by atoms with Gasteiger partial charge in [-0.05, 0) is 24.5 Å². The number of H-pyrrole nitrogens is 1. The fourth-order valence-electron chi connectivity index (χ4n) is 1.92. The van der Waals surface area contributed by atoms with Crippen molar-refractivity contribution in [2.24, 2.45) is 0 Å². The van der Waals surface area contributed by atoms with Crippen LogP contribution in [0.25, 0.3) is 11.1 Å². The molecule has 0 amide bonds. The van der Waals surface area contributed by atoms with Crippen molar-refractivity contribution in [3.05, 3.63) is 22.2 Å². The smallest absolute Gasteiger partial charge is 0.417 e. The quantitative estimate of drug-likeness (QED) is 0.431. The van der Waals surface area contributed by atoms with Crippen LogP contribution in [0.5, 0.6) is 5.75 Å². The number of phenolic OH excluding ortho intramolecular Hbond substituents is 1. The lowest BCUT2D eigenvalue weighted by atomic mass is 10.0. The predicted molar refractivity (Wildman–Crippen MR) is 66.1 cm³/mol. The van der Waals surface area contributed by atoms with Crippen LogP contribution in [0.4, 0.5) is 5.69 Å². The Labute approximate surface area is 98.2 Å². The molecule has 17 heavy (non-hydrogen) atoms. The number of anilines is 1. The molecule has 1 aromatic carbocycles. The predicted octanol–water partition coefficient (Wildman–Crippen LogP) is 2.14. The Morgan fingerprint density at radius 2 is 2.24 bits per heavy atom. The van der Waals surface area contributed by atoms with Crippen LogP contribution in [0.1, 0.15) is 31.7 Å². The molecule has 0 saturated carbocycles. The Hall–Kier alpha value is -1.91. The first-order valence-electron chi connectivity index (χ1n) is 5.76. The Kier molecular flexibility index (Phi) is 3.08. The summed E-state index contributed by atoms with van der Waals surface area (Å²) in [5.74, 6) is -0.512. The van der Waals surface area contributed by atoms with E-state index in [1.807, 2.05) is 0 Å². The summed E-state index contributed by atoms with van der Waals surface area (Å²) in [7, 11) is 0. The van der Waals surface area contributed by atoms with Gasteiger partial charge in [0.15, 0.2) is 5.58 Å². The highest BCUT2D eigenvalue weighted by molar-refractivity contribution is 5.90. The van der Waals surface area contributed by atoms with Crippen LogP contribution in [0.2, 0.25) is 0 Å². The number of hydrogen-bond donors (Lipinski definition) is 3. The third kappa shape index (κ3) is 2.13. The molecule has 1 aromatic heterocycles. The number of nitrogen functional groups attached to an aromatic ring is 1. The van der Waals surface area contributed by atoms with Crippen LogP contribution in [0, 0.1) is 0 Å². The average molecular weight is 236 g/mol. The molecule has 0 aliphatic carbocycles. The second kappa shape index (κ2) is 4.53. The second-order valence-corrected chi connectivity index (χ2v) is 4.14. The molecule has 2 rings (SSSR count). The minimum atomic E-state index is -0.559. The molecule has 0 atom stereocenters. The summed E-state index contributed by atoms with van der Waals surface area (Å²) >= 11 is 0. The number of rotatable bonds is 4. The van der Waals surface area contributed by atoms with Crippen LogP contribution in [-0.4, -0.2) is 10.1 Å². The van der Waals surface area contributed by atoms with Crippen molar-refractivity contribution in [3.63, 3.8) is 0 Å². The molecule has 4 N–H and O–H groups in total. The largest absolute Gasteiger partial charge is 0.505 e. The molecule has 0 radical (unpaired) electrons. The van der Waals surface area contributed by atoms with Gasteiger partial charge in [-0.2, -0.15) is 0 Å². The number of aryl methyl sites for hydroxylation is 1. The van der Waals surface area contributed by atoms with Gasteiger partial charge in [-0.3, -0.25) is 4.98 Å². The first-order chi connectivity index (χ1) is 8.13. The Bertz CT molecular complexity index is 583. The molecule has 5 heteroatoms. The van der Waals surface area contributed by atoms with Crippen molar-refractivity contribution >= 4 is 16.8 Å². The standard InChI is InChI=1S/C12H16N2O3/c1-2-3-4-5-7-6-8-10(9(13)11(7)15)14-12(16)17-8/h6,15H,2-5,13H2,1H3,(H,14,16). The number of phenols is 1. The zero-order chi connectivity index (χ0) is 12.4. The summed E-state index contributed by atoms with van der Waals surface area (Å²) in [6.45, 7) is 2.11. The van der Waals surface area contributed by atoms with E-state index in [0.29, 0.717) is 11.1 Å². The van der Waals surface area contributed by atoms with E-state index in [-0.39, 0.29) is 11.4 Å². The molecule has 0 aliphatic rings. The Balaban J connectivity index is 2.42. The minimum Gasteiger partial charge on any atom is -0.505 e. The number of hydrogen-bond acceptors (Lipinski definition) is 4. The van der Waals surface area contributed by atoms with Crippen molar-refractivity contribution in [3.8, 4) is 5.75 Å². The highest BCUT2D eigenvalue weighted by atomic mass is 16.4. The number of aromatic hydroxyl groups is 1. The molecule has 92 valence electrons. The van der Waals surface area contributed by atoms with E-state index >= 15 is 0 Å². The van der Waals surface area contributed by atoms with E-state index in [9.17, 15) is 9.90 Å². The lowest BCUT2D eigenvalue weighted by Gasteiger charge is -2.06. The third-order valence-electron chi connectivity index (χ3n) is 2.86. The molecular weight excluding hydrogens is 220 g/mol. The summed E-state index contributed by atoms with van der Waals surface area (Å²) in [6, 6.07) is 1.68. The maximum absolute atomic E-state index is 11.1.